The molecular weight excluding hydrogens is 532 g/mol. The third-order valence-electron chi connectivity index (χ3n) is 6.48. The zero-order valence-electron chi connectivity index (χ0n) is 22.1. The van der Waals surface area contributed by atoms with Gasteiger partial charge >= 0.3 is 0 Å². The average Bonchev–Trinajstić information content (AvgIpc) is 3.01. The Hall–Kier alpha value is -3.35. The van der Waals surface area contributed by atoms with Crippen LogP contribution in [0.15, 0.2) is 72.1 Å². The van der Waals surface area contributed by atoms with Crippen molar-refractivity contribution >= 4 is 23.6 Å². The SMILES string of the molecule is O=C(CCCCC(=O)NCc1ccc([C@H]2O[C@@H](CSc3ncccn3)C[C@@H](c3ccc(CO)cc3)O2)cc1)NO. The van der Waals surface area contributed by atoms with Crippen LogP contribution >= 0.6 is 11.8 Å². The Morgan fingerprint density at radius 2 is 1.55 bits per heavy atom. The predicted octanol–water partition coefficient (Wildman–Crippen LogP) is 3.99. The van der Waals surface area contributed by atoms with Gasteiger partial charge in [0, 0.05) is 49.5 Å². The molecule has 3 aromatic rings. The lowest BCUT2D eigenvalue weighted by Gasteiger charge is -2.36. The van der Waals surface area contributed by atoms with Crippen LogP contribution in [-0.4, -0.2) is 44.0 Å². The van der Waals surface area contributed by atoms with Gasteiger partial charge in [0.15, 0.2) is 11.4 Å². The summed E-state index contributed by atoms with van der Waals surface area (Å²) < 4.78 is 12.7. The molecule has 1 saturated heterocycles. The van der Waals surface area contributed by atoms with Gasteiger partial charge < -0.3 is 19.9 Å². The molecule has 212 valence electrons. The number of aliphatic hydroxyl groups is 1. The molecule has 2 amide bonds. The molecule has 40 heavy (non-hydrogen) atoms. The van der Waals surface area contributed by atoms with Gasteiger partial charge in [-0.25, -0.2) is 15.4 Å². The first-order valence-corrected chi connectivity index (χ1v) is 14.2. The summed E-state index contributed by atoms with van der Waals surface area (Å²) in [5, 5.41) is 21.5. The van der Waals surface area contributed by atoms with Gasteiger partial charge in [0.2, 0.25) is 11.8 Å². The number of nitrogens with one attached hydrogen (secondary N) is 2. The summed E-state index contributed by atoms with van der Waals surface area (Å²) in [6.45, 7) is 0.378. The van der Waals surface area contributed by atoms with Gasteiger partial charge in [-0.15, -0.1) is 0 Å². The normalized spacial score (nSPS) is 18.7. The molecule has 3 atom stereocenters. The molecule has 0 radical (unpaired) electrons. The van der Waals surface area contributed by atoms with Crippen molar-refractivity contribution in [2.75, 3.05) is 5.75 Å². The predicted molar refractivity (Wildman–Crippen MR) is 148 cm³/mol. The van der Waals surface area contributed by atoms with Crippen LogP contribution in [0.5, 0.6) is 0 Å². The summed E-state index contributed by atoms with van der Waals surface area (Å²) in [4.78, 5) is 31.8. The van der Waals surface area contributed by atoms with Crippen LogP contribution in [0.25, 0.3) is 0 Å². The number of hydrogen-bond donors (Lipinski definition) is 4. The van der Waals surface area contributed by atoms with E-state index in [0.717, 1.165) is 22.3 Å². The van der Waals surface area contributed by atoms with E-state index < -0.39 is 12.2 Å². The standard InChI is InChI=1S/C29H34N4O6S/c34-18-21-8-10-22(11-9-21)25-16-24(19-40-29-30-14-3-15-31-29)38-28(39-25)23-12-6-20(7-13-23)17-32-26(35)4-1-2-5-27(36)33-37/h3,6-15,24-25,28,34,37H,1-2,4-5,16-19H2,(H,32,35)(H,33,36)/t24-,25+,28+/m1/s1. The van der Waals surface area contributed by atoms with Crippen molar-refractivity contribution in [3.05, 3.63) is 89.2 Å². The maximum absolute atomic E-state index is 12.1. The van der Waals surface area contributed by atoms with Gasteiger partial charge in [0.25, 0.3) is 0 Å². The van der Waals surface area contributed by atoms with Gasteiger partial charge in [0.05, 0.1) is 18.8 Å². The Morgan fingerprint density at radius 3 is 2.23 bits per heavy atom. The number of rotatable bonds is 13. The van der Waals surface area contributed by atoms with E-state index in [9.17, 15) is 14.7 Å². The van der Waals surface area contributed by atoms with Crippen LogP contribution in [0.4, 0.5) is 0 Å². The second-order valence-corrected chi connectivity index (χ2v) is 10.4. The number of carbonyl (C=O) groups excluding carboxylic acids is 2. The zero-order chi connectivity index (χ0) is 28.2. The smallest absolute Gasteiger partial charge is 0.243 e. The first-order chi connectivity index (χ1) is 19.5. The van der Waals surface area contributed by atoms with Crippen molar-refractivity contribution in [2.45, 2.75) is 68.9 Å². The maximum Gasteiger partial charge on any atom is 0.243 e. The summed E-state index contributed by atoms with van der Waals surface area (Å²) >= 11 is 1.54. The Morgan fingerprint density at radius 1 is 0.900 bits per heavy atom. The highest BCUT2D eigenvalue weighted by Crippen LogP contribution is 2.39. The van der Waals surface area contributed by atoms with Gasteiger partial charge in [0.1, 0.15) is 0 Å². The number of aliphatic hydroxyl groups excluding tert-OH is 1. The van der Waals surface area contributed by atoms with E-state index in [2.05, 4.69) is 15.3 Å². The quantitative estimate of drug-likeness (QED) is 0.0794. The minimum Gasteiger partial charge on any atom is -0.392 e. The topological polar surface area (TPSA) is 143 Å². The van der Waals surface area contributed by atoms with Crippen molar-refractivity contribution in [3.63, 3.8) is 0 Å². The number of ether oxygens (including phenoxy) is 2. The number of hydroxylamine groups is 1. The second-order valence-electron chi connectivity index (χ2n) is 9.45. The highest BCUT2D eigenvalue weighted by Gasteiger charge is 2.32. The van der Waals surface area contributed by atoms with Crippen LogP contribution in [0.1, 0.15) is 66.8 Å². The fourth-order valence-electron chi connectivity index (χ4n) is 4.26. The number of unbranched alkanes of at least 4 members (excludes halogenated alkanes) is 1. The molecule has 2 heterocycles. The molecule has 11 heteroatoms. The molecule has 1 aliphatic rings. The van der Waals surface area contributed by atoms with Crippen molar-refractivity contribution < 1.29 is 29.4 Å². The fourth-order valence-corrected chi connectivity index (χ4v) is 5.08. The van der Waals surface area contributed by atoms with Crippen LogP contribution < -0.4 is 10.8 Å². The van der Waals surface area contributed by atoms with Gasteiger partial charge in [-0.2, -0.15) is 0 Å². The third-order valence-corrected chi connectivity index (χ3v) is 7.49. The van der Waals surface area contributed by atoms with Crippen LogP contribution in [-0.2, 0) is 32.2 Å². The second kappa shape index (κ2) is 15.4. The van der Waals surface area contributed by atoms with E-state index in [1.54, 1.807) is 35.7 Å². The summed E-state index contributed by atoms with van der Waals surface area (Å²) in [6.07, 6.45) is 4.85. The number of carbonyl (C=O) groups is 2. The number of thioether (sulfide) groups is 1. The minimum absolute atomic E-state index is 0.00989. The number of hydrogen-bond acceptors (Lipinski definition) is 9. The van der Waals surface area contributed by atoms with Gasteiger partial charge in [-0.05, 0) is 35.6 Å². The van der Waals surface area contributed by atoms with E-state index in [1.807, 2.05) is 48.5 Å². The first-order valence-electron chi connectivity index (χ1n) is 13.2. The molecule has 0 unspecified atom stereocenters. The number of aromatic nitrogens is 2. The molecule has 4 rings (SSSR count). The van der Waals surface area contributed by atoms with Crippen molar-refractivity contribution in [1.82, 2.24) is 20.8 Å². The number of nitrogens with zero attached hydrogens (tertiary/aromatic N) is 2. The van der Waals surface area contributed by atoms with Crippen LogP contribution in [0.2, 0.25) is 0 Å². The van der Waals surface area contributed by atoms with E-state index >= 15 is 0 Å². The molecular formula is C29H34N4O6S. The summed E-state index contributed by atoms with van der Waals surface area (Å²) in [5.41, 5.74) is 5.27. The fraction of sp³-hybridized carbons (Fsp3) is 0.379. The largest absolute Gasteiger partial charge is 0.392 e. The molecule has 10 nitrogen and oxygen atoms in total. The Labute approximate surface area is 237 Å². The highest BCUT2D eigenvalue weighted by molar-refractivity contribution is 7.99. The van der Waals surface area contributed by atoms with Gasteiger partial charge in [-0.3, -0.25) is 14.8 Å². The Balaban J connectivity index is 1.35. The monoisotopic (exact) mass is 566 g/mol. The Kier molecular flexibility index (Phi) is 11.4. The zero-order valence-corrected chi connectivity index (χ0v) is 22.9. The molecule has 1 aromatic heterocycles. The molecule has 2 aromatic carbocycles. The minimum atomic E-state index is -0.571. The summed E-state index contributed by atoms with van der Waals surface area (Å²) in [5.74, 6) is 0.127. The van der Waals surface area contributed by atoms with Gasteiger partial charge in [-0.1, -0.05) is 60.3 Å². The number of amides is 2. The van der Waals surface area contributed by atoms with E-state index in [1.165, 1.54) is 0 Å². The average molecular weight is 567 g/mol. The van der Waals surface area contributed by atoms with E-state index in [0.29, 0.717) is 43.1 Å². The lowest BCUT2D eigenvalue weighted by Crippen LogP contribution is -2.31. The molecule has 0 saturated carbocycles. The lowest BCUT2D eigenvalue weighted by molar-refractivity contribution is -0.245. The molecule has 0 aliphatic carbocycles. The van der Waals surface area contributed by atoms with Crippen molar-refractivity contribution in [2.24, 2.45) is 0 Å². The molecule has 1 aliphatic heterocycles. The molecule has 1 fully saturated rings. The molecule has 0 spiro atoms. The van der Waals surface area contributed by atoms with E-state index in [4.69, 9.17) is 14.7 Å². The molecule has 4 N–H and O–H groups in total. The van der Waals surface area contributed by atoms with Crippen molar-refractivity contribution in [3.8, 4) is 0 Å². The Bertz CT molecular complexity index is 1210. The molecule has 0 bridgehead atoms. The van der Waals surface area contributed by atoms with Crippen LogP contribution in [0.3, 0.4) is 0 Å². The maximum atomic E-state index is 12.1. The number of benzene rings is 2. The summed E-state index contributed by atoms with van der Waals surface area (Å²) in [6, 6.07) is 17.3. The van der Waals surface area contributed by atoms with Crippen LogP contribution in [0, 0.1) is 0 Å². The highest BCUT2D eigenvalue weighted by atomic mass is 32.2. The summed E-state index contributed by atoms with van der Waals surface area (Å²) in [7, 11) is 0. The van der Waals surface area contributed by atoms with E-state index in [-0.39, 0.29) is 31.1 Å². The van der Waals surface area contributed by atoms with Crippen molar-refractivity contribution in [1.29, 1.82) is 0 Å². The first kappa shape index (κ1) is 29.6. The third kappa shape index (κ3) is 9.10. The lowest BCUT2D eigenvalue weighted by atomic mass is 10.0.